The smallest absolute Gasteiger partial charge is 0.338 e. The van der Waals surface area contributed by atoms with E-state index in [0.29, 0.717) is 18.9 Å². The molecule has 154 valence electrons. The predicted octanol–water partition coefficient (Wildman–Crippen LogP) is 0.966. The number of carbonyl (C=O) groups is 2. The fourth-order valence-corrected chi connectivity index (χ4v) is 3.28. The standard InChI is InChI=1S/C19H21N3O6S/c20-29(25,26)17-7-1-14(2-8-17)19(24)28-13-18(23)21-15-3-5-16(6-4-15)22-9-11-27-12-10-22/h1-8H,9-13H2,(H,21,23)(H2,20,25,26). The Labute approximate surface area is 168 Å². The fourth-order valence-electron chi connectivity index (χ4n) is 2.77. The van der Waals surface area contributed by atoms with Crippen LogP contribution in [0.15, 0.2) is 53.4 Å². The third kappa shape index (κ3) is 5.76. The number of nitrogens with one attached hydrogen (secondary N) is 1. The number of ether oxygens (including phenoxy) is 2. The summed E-state index contributed by atoms with van der Waals surface area (Å²) in [6.07, 6.45) is 0. The highest BCUT2D eigenvalue weighted by molar-refractivity contribution is 7.89. The Hall–Kier alpha value is -2.95. The average Bonchev–Trinajstić information content (AvgIpc) is 2.73. The molecule has 2 aromatic carbocycles. The van der Waals surface area contributed by atoms with Crippen molar-refractivity contribution in [3.05, 3.63) is 54.1 Å². The maximum atomic E-state index is 12.0. The van der Waals surface area contributed by atoms with Crippen molar-refractivity contribution >= 4 is 33.3 Å². The molecule has 0 aliphatic carbocycles. The summed E-state index contributed by atoms with van der Waals surface area (Å²) in [6.45, 7) is 2.55. The van der Waals surface area contributed by atoms with Crippen LogP contribution in [0.4, 0.5) is 11.4 Å². The summed E-state index contributed by atoms with van der Waals surface area (Å²) >= 11 is 0. The number of amides is 1. The van der Waals surface area contributed by atoms with Crippen LogP contribution in [0.3, 0.4) is 0 Å². The van der Waals surface area contributed by atoms with E-state index in [1.807, 2.05) is 12.1 Å². The number of hydrogen-bond acceptors (Lipinski definition) is 7. The lowest BCUT2D eigenvalue weighted by Crippen LogP contribution is -2.36. The molecule has 2 aromatic rings. The van der Waals surface area contributed by atoms with Gasteiger partial charge in [0, 0.05) is 24.5 Å². The number of nitrogens with zero attached hydrogens (tertiary/aromatic N) is 1. The summed E-state index contributed by atoms with van der Waals surface area (Å²) in [5.41, 5.74) is 1.74. The number of hydrogen-bond donors (Lipinski definition) is 2. The van der Waals surface area contributed by atoms with E-state index < -0.39 is 28.5 Å². The van der Waals surface area contributed by atoms with Crippen LogP contribution in [0.5, 0.6) is 0 Å². The molecule has 3 rings (SSSR count). The molecule has 1 heterocycles. The molecule has 10 heteroatoms. The van der Waals surface area contributed by atoms with Crippen molar-refractivity contribution in [1.82, 2.24) is 0 Å². The van der Waals surface area contributed by atoms with Gasteiger partial charge in [-0.25, -0.2) is 18.4 Å². The highest BCUT2D eigenvalue weighted by Crippen LogP contribution is 2.19. The number of rotatable bonds is 6. The second kappa shape index (κ2) is 9.03. The SMILES string of the molecule is NS(=O)(=O)c1ccc(C(=O)OCC(=O)Nc2ccc(N3CCOCC3)cc2)cc1. The lowest BCUT2D eigenvalue weighted by molar-refractivity contribution is -0.119. The molecule has 1 amide bonds. The number of anilines is 2. The molecule has 1 aliphatic heterocycles. The highest BCUT2D eigenvalue weighted by Gasteiger charge is 2.14. The Bertz CT molecular complexity index is 968. The molecular formula is C19H21N3O6S. The molecule has 1 saturated heterocycles. The number of nitrogens with two attached hydrogens (primary N) is 1. The first kappa shape index (κ1) is 20.8. The normalized spacial score (nSPS) is 14.3. The molecule has 0 spiro atoms. The van der Waals surface area contributed by atoms with Crippen molar-refractivity contribution in [1.29, 1.82) is 0 Å². The van der Waals surface area contributed by atoms with Gasteiger partial charge in [-0.2, -0.15) is 0 Å². The molecule has 29 heavy (non-hydrogen) atoms. The third-order valence-corrected chi connectivity index (χ3v) is 5.21. The first-order valence-corrected chi connectivity index (χ1v) is 10.4. The molecule has 0 radical (unpaired) electrons. The molecule has 9 nitrogen and oxygen atoms in total. The second-order valence-corrected chi connectivity index (χ2v) is 7.90. The third-order valence-electron chi connectivity index (χ3n) is 4.28. The number of carbonyl (C=O) groups excluding carboxylic acids is 2. The lowest BCUT2D eigenvalue weighted by atomic mass is 10.2. The number of sulfonamides is 1. The first-order valence-electron chi connectivity index (χ1n) is 8.85. The van der Waals surface area contributed by atoms with Crippen LogP contribution in [-0.4, -0.2) is 53.2 Å². The fraction of sp³-hybridized carbons (Fsp3) is 0.263. The van der Waals surface area contributed by atoms with Crippen LogP contribution in [0.2, 0.25) is 0 Å². The molecule has 1 aliphatic rings. The molecule has 3 N–H and O–H groups in total. The minimum absolute atomic E-state index is 0.111. The molecule has 0 aromatic heterocycles. The van der Waals surface area contributed by atoms with Gasteiger partial charge < -0.3 is 19.7 Å². The van der Waals surface area contributed by atoms with Gasteiger partial charge in [-0.3, -0.25) is 4.79 Å². The van der Waals surface area contributed by atoms with Crippen LogP contribution in [0.1, 0.15) is 10.4 Å². The summed E-state index contributed by atoms with van der Waals surface area (Å²) in [5.74, 6) is -1.23. The number of benzene rings is 2. The van der Waals surface area contributed by atoms with Gasteiger partial charge in [-0.05, 0) is 48.5 Å². The predicted molar refractivity (Wildman–Crippen MR) is 106 cm³/mol. The van der Waals surface area contributed by atoms with Gasteiger partial charge in [0.05, 0.1) is 23.7 Å². The molecule has 0 bridgehead atoms. The zero-order valence-electron chi connectivity index (χ0n) is 15.5. The van der Waals surface area contributed by atoms with Crippen LogP contribution < -0.4 is 15.4 Å². The molecule has 1 fully saturated rings. The van der Waals surface area contributed by atoms with E-state index >= 15 is 0 Å². The largest absolute Gasteiger partial charge is 0.452 e. The van der Waals surface area contributed by atoms with Gasteiger partial charge in [0.25, 0.3) is 5.91 Å². The Morgan fingerprint density at radius 3 is 2.24 bits per heavy atom. The first-order chi connectivity index (χ1) is 13.8. The van der Waals surface area contributed by atoms with Gasteiger partial charge >= 0.3 is 5.97 Å². The number of morpholine rings is 1. The van der Waals surface area contributed by atoms with E-state index in [2.05, 4.69) is 10.2 Å². The summed E-state index contributed by atoms with van der Waals surface area (Å²) < 4.78 is 32.7. The zero-order chi connectivity index (χ0) is 20.9. The molecule has 0 atom stereocenters. The quantitative estimate of drug-likeness (QED) is 0.668. The summed E-state index contributed by atoms with van der Waals surface area (Å²) in [7, 11) is -3.84. The topological polar surface area (TPSA) is 128 Å². The molecule has 0 unspecified atom stereocenters. The van der Waals surface area contributed by atoms with Gasteiger partial charge in [0.2, 0.25) is 10.0 Å². The van der Waals surface area contributed by atoms with E-state index in [0.717, 1.165) is 18.8 Å². The van der Waals surface area contributed by atoms with Crippen LogP contribution in [0.25, 0.3) is 0 Å². The van der Waals surface area contributed by atoms with Crippen molar-refractivity contribution in [3.63, 3.8) is 0 Å². The maximum absolute atomic E-state index is 12.0. The summed E-state index contributed by atoms with van der Waals surface area (Å²) in [6, 6.07) is 12.3. The van der Waals surface area contributed by atoms with Gasteiger partial charge in [-0.15, -0.1) is 0 Å². The Morgan fingerprint density at radius 2 is 1.66 bits per heavy atom. The van der Waals surface area contributed by atoms with Crippen molar-refractivity contribution in [3.8, 4) is 0 Å². The minimum atomic E-state index is -3.84. The number of primary sulfonamides is 1. The van der Waals surface area contributed by atoms with Crippen LogP contribution >= 0.6 is 0 Å². The monoisotopic (exact) mass is 419 g/mol. The average molecular weight is 419 g/mol. The van der Waals surface area contributed by atoms with Gasteiger partial charge in [0.1, 0.15) is 0 Å². The Kier molecular flexibility index (Phi) is 6.47. The zero-order valence-corrected chi connectivity index (χ0v) is 16.4. The highest BCUT2D eigenvalue weighted by atomic mass is 32.2. The second-order valence-electron chi connectivity index (χ2n) is 6.34. The van der Waals surface area contributed by atoms with Crippen molar-refractivity contribution in [2.45, 2.75) is 4.90 Å². The van der Waals surface area contributed by atoms with Crippen molar-refractivity contribution in [2.75, 3.05) is 43.1 Å². The lowest BCUT2D eigenvalue weighted by Gasteiger charge is -2.28. The van der Waals surface area contributed by atoms with Crippen molar-refractivity contribution < 1.29 is 27.5 Å². The summed E-state index contributed by atoms with van der Waals surface area (Å²) in [5, 5.41) is 7.65. The minimum Gasteiger partial charge on any atom is -0.452 e. The van der Waals surface area contributed by atoms with E-state index in [-0.39, 0.29) is 10.5 Å². The van der Waals surface area contributed by atoms with Gasteiger partial charge in [-0.1, -0.05) is 0 Å². The Morgan fingerprint density at radius 1 is 1.03 bits per heavy atom. The van der Waals surface area contributed by atoms with Gasteiger partial charge in [0.15, 0.2) is 6.61 Å². The van der Waals surface area contributed by atoms with Crippen LogP contribution in [-0.2, 0) is 24.3 Å². The van der Waals surface area contributed by atoms with E-state index in [1.165, 1.54) is 24.3 Å². The van der Waals surface area contributed by atoms with Crippen molar-refractivity contribution in [2.24, 2.45) is 5.14 Å². The molecular weight excluding hydrogens is 398 g/mol. The summed E-state index contributed by atoms with van der Waals surface area (Å²) in [4.78, 5) is 26.1. The van der Waals surface area contributed by atoms with E-state index in [9.17, 15) is 18.0 Å². The molecule has 0 saturated carbocycles. The van der Waals surface area contributed by atoms with E-state index in [4.69, 9.17) is 14.6 Å². The number of esters is 1. The van der Waals surface area contributed by atoms with Crippen LogP contribution in [0, 0.1) is 0 Å². The maximum Gasteiger partial charge on any atom is 0.338 e. The Balaban J connectivity index is 1.49. The van der Waals surface area contributed by atoms with E-state index in [1.54, 1.807) is 12.1 Å².